The van der Waals surface area contributed by atoms with Crippen molar-refractivity contribution in [1.29, 1.82) is 0 Å². The molecule has 78 valence electrons. The van der Waals surface area contributed by atoms with Gasteiger partial charge < -0.3 is 5.73 Å². The fraction of sp³-hybridized carbons (Fsp3) is 0.375. The number of alkyl halides is 3. The van der Waals surface area contributed by atoms with Crippen molar-refractivity contribution in [3.05, 3.63) is 16.5 Å². The third kappa shape index (κ3) is 2.73. The lowest BCUT2D eigenvalue weighted by molar-refractivity contribution is -0.126. The van der Waals surface area contributed by atoms with Crippen LogP contribution in [0.1, 0.15) is 22.2 Å². The SMILES string of the molecule is CC(=O)c1cc(CC(F)(F)F)sc1N. The van der Waals surface area contributed by atoms with E-state index in [1.807, 2.05) is 0 Å². The number of carbonyl (C=O) groups excluding carboxylic acids is 1. The van der Waals surface area contributed by atoms with Crippen molar-refractivity contribution in [3.63, 3.8) is 0 Å². The van der Waals surface area contributed by atoms with Crippen LogP contribution < -0.4 is 5.73 Å². The Kier molecular flexibility index (Phi) is 2.84. The maximum atomic E-state index is 12.0. The molecule has 1 aromatic heterocycles. The molecule has 0 saturated heterocycles. The van der Waals surface area contributed by atoms with Crippen LogP contribution in [0.15, 0.2) is 6.07 Å². The zero-order valence-electron chi connectivity index (χ0n) is 7.31. The number of rotatable bonds is 2. The van der Waals surface area contributed by atoms with E-state index in [2.05, 4.69) is 0 Å². The van der Waals surface area contributed by atoms with Crippen molar-refractivity contribution in [2.45, 2.75) is 19.5 Å². The third-order valence-electron chi connectivity index (χ3n) is 1.57. The van der Waals surface area contributed by atoms with Gasteiger partial charge in [0.25, 0.3) is 0 Å². The second-order valence-corrected chi connectivity index (χ2v) is 4.01. The molecule has 14 heavy (non-hydrogen) atoms. The minimum atomic E-state index is -4.26. The van der Waals surface area contributed by atoms with Crippen LogP contribution in [0.5, 0.6) is 0 Å². The van der Waals surface area contributed by atoms with Gasteiger partial charge in [0.05, 0.1) is 17.0 Å². The standard InChI is InChI=1S/C8H8F3NOS/c1-4(13)6-2-5(14-7(6)12)3-8(9,10)11/h2H,3,12H2,1H3. The summed E-state index contributed by atoms with van der Waals surface area (Å²) in [5.74, 6) is -0.313. The highest BCUT2D eigenvalue weighted by Gasteiger charge is 2.29. The summed E-state index contributed by atoms with van der Waals surface area (Å²) in [6.07, 6.45) is -5.29. The first-order valence-electron chi connectivity index (χ1n) is 3.75. The van der Waals surface area contributed by atoms with Gasteiger partial charge in [0.1, 0.15) is 0 Å². The zero-order valence-corrected chi connectivity index (χ0v) is 8.13. The number of hydrogen-bond acceptors (Lipinski definition) is 3. The second kappa shape index (κ2) is 3.61. The lowest BCUT2D eigenvalue weighted by Gasteiger charge is -2.01. The first kappa shape index (κ1) is 11.0. The summed E-state index contributed by atoms with van der Waals surface area (Å²) in [5.41, 5.74) is 5.57. The lowest BCUT2D eigenvalue weighted by Crippen LogP contribution is -2.10. The van der Waals surface area contributed by atoms with E-state index in [-0.39, 0.29) is 21.2 Å². The van der Waals surface area contributed by atoms with Crippen LogP contribution in [-0.2, 0) is 6.42 Å². The molecule has 1 rings (SSSR count). The van der Waals surface area contributed by atoms with Crippen molar-refractivity contribution >= 4 is 22.1 Å². The Morgan fingerprint density at radius 3 is 2.50 bits per heavy atom. The second-order valence-electron chi connectivity index (χ2n) is 2.84. The average Bonchev–Trinajstić information content (AvgIpc) is 2.26. The minimum Gasteiger partial charge on any atom is -0.390 e. The van der Waals surface area contributed by atoms with Gasteiger partial charge in [0.15, 0.2) is 5.78 Å². The maximum Gasteiger partial charge on any atom is 0.393 e. The van der Waals surface area contributed by atoms with Crippen LogP contribution in [-0.4, -0.2) is 12.0 Å². The Labute approximate surface area is 82.5 Å². The molecule has 1 aromatic rings. The summed E-state index contributed by atoms with van der Waals surface area (Å²) >= 11 is 0.807. The Morgan fingerprint density at radius 1 is 1.57 bits per heavy atom. The zero-order chi connectivity index (χ0) is 10.9. The number of ketones is 1. The number of thiophene rings is 1. The molecule has 0 amide bonds. The predicted molar refractivity (Wildman–Crippen MR) is 48.5 cm³/mol. The fourth-order valence-electron chi connectivity index (χ4n) is 1.02. The predicted octanol–water partition coefficient (Wildman–Crippen LogP) is 2.64. The largest absolute Gasteiger partial charge is 0.393 e. The molecule has 0 unspecified atom stereocenters. The van der Waals surface area contributed by atoms with Crippen LogP contribution in [0.2, 0.25) is 0 Å². The van der Waals surface area contributed by atoms with Crippen molar-refractivity contribution in [1.82, 2.24) is 0 Å². The Morgan fingerprint density at radius 2 is 2.14 bits per heavy atom. The summed E-state index contributed by atoms with van der Waals surface area (Å²) in [4.78, 5) is 11.0. The Balaban J connectivity index is 2.92. The molecule has 0 spiro atoms. The van der Waals surface area contributed by atoms with Crippen LogP contribution in [0, 0.1) is 0 Å². The molecule has 0 fully saturated rings. The minimum absolute atomic E-state index is 0.0696. The summed E-state index contributed by atoms with van der Waals surface area (Å²) in [5, 5.41) is 0.150. The number of halogens is 3. The van der Waals surface area contributed by atoms with Crippen LogP contribution in [0.4, 0.5) is 18.2 Å². The van der Waals surface area contributed by atoms with Gasteiger partial charge in [-0.2, -0.15) is 13.2 Å². The molecule has 2 nitrogen and oxygen atoms in total. The van der Waals surface area contributed by atoms with Crippen LogP contribution >= 0.6 is 11.3 Å². The summed E-state index contributed by atoms with van der Waals surface area (Å²) < 4.78 is 35.9. The lowest BCUT2D eigenvalue weighted by atomic mass is 10.2. The third-order valence-corrected chi connectivity index (χ3v) is 2.53. The van der Waals surface area contributed by atoms with Gasteiger partial charge in [-0.05, 0) is 13.0 Å². The molecular weight excluding hydrogens is 215 g/mol. The molecule has 0 saturated carbocycles. The van der Waals surface area contributed by atoms with Crippen LogP contribution in [0.25, 0.3) is 0 Å². The number of anilines is 1. The highest BCUT2D eigenvalue weighted by molar-refractivity contribution is 7.16. The molecule has 6 heteroatoms. The molecule has 0 aromatic carbocycles. The molecule has 1 heterocycles. The topological polar surface area (TPSA) is 43.1 Å². The van der Waals surface area contributed by atoms with Gasteiger partial charge in [0, 0.05) is 4.88 Å². The monoisotopic (exact) mass is 223 g/mol. The fourth-order valence-corrected chi connectivity index (χ4v) is 2.03. The Bertz CT molecular complexity index is 356. The van der Waals surface area contributed by atoms with Gasteiger partial charge in [-0.15, -0.1) is 11.3 Å². The maximum absolute atomic E-state index is 12.0. The van der Waals surface area contributed by atoms with Gasteiger partial charge in [-0.3, -0.25) is 4.79 Å². The van der Waals surface area contributed by atoms with Crippen molar-refractivity contribution in [2.75, 3.05) is 5.73 Å². The van der Waals surface area contributed by atoms with Crippen molar-refractivity contribution in [3.8, 4) is 0 Å². The molecule has 0 bridgehead atoms. The highest BCUT2D eigenvalue weighted by Crippen LogP contribution is 2.30. The molecule has 0 atom stereocenters. The van der Waals surface area contributed by atoms with Gasteiger partial charge >= 0.3 is 6.18 Å². The molecular formula is C8H8F3NOS. The van der Waals surface area contributed by atoms with E-state index in [1.165, 1.54) is 13.0 Å². The smallest absolute Gasteiger partial charge is 0.390 e. The van der Waals surface area contributed by atoms with E-state index in [1.54, 1.807) is 0 Å². The molecule has 0 aliphatic rings. The van der Waals surface area contributed by atoms with E-state index in [0.717, 1.165) is 11.3 Å². The first-order chi connectivity index (χ1) is 6.29. The number of hydrogen-bond donors (Lipinski definition) is 1. The summed E-state index contributed by atoms with van der Waals surface area (Å²) in [7, 11) is 0. The number of nitrogens with two attached hydrogens (primary N) is 1. The van der Waals surface area contributed by atoms with Gasteiger partial charge in [0.2, 0.25) is 0 Å². The number of Topliss-reactive ketones (excluding diaryl/α,β-unsaturated/α-hetero) is 1. The van der Waals surface area contributed by atoms with Gasteiger partial charge in [-0.25, -0.2) is 0 Å². The summed E-state index contributed by atoms with van der Waals surface area (Å²) in [6.45, 7) is 1.27. The highest BCUT2D eigenvalue weighted by atomic mass is 32.1. The van der Waals surface area contributed by atoms with E-state index in [9.17, 15) is 18.0 Å². The first-order valence-corrected chi connectivity index (χ1v) is 4.57. The molecule has 2 N–H and O–H groups in total. The van der Waals surface area contributed by atoms with E-state index >= 15 is 0 Å². The molecule has 0 aliphatic carbocycles. The molecule has 0 radical (unpaired) electrons. The quantitative estimate of drug-likeness (QED) is 0.783. The molecule has 0 aliphatic heterocycles. The van der Waals surface area contributed by atoms with E-state index in [4.69, 9.17) is 5.73 Å². The van der Waals surface area contributed by atoms with E-state index in [0.29, 0.717) is 0 Å². The van der Waals surface area contributed by atoms with Crippen molar-refractivity contribution in [2.24, 2.45) is 0 Å². The summed E-state index contributed by atoms with van der Waals surface area (Å²) in [6, 6.07) is 1.20. The average molecular weight is 223 g/mol. The number of nitrogen functional groups attached to an aromatic ring is 1. The van der Waals surface area contributed by atoms with Crippen molar-refractivity contribution < 1.29 is 18.0 Å². The Hall–Kier alpha value is -1.04. The van der Waals surface area contributed by atoms with E-state index < -0.39 is 12.6 Å². The normalized spacial score (nSPS) is 11.7. The number of carbonyl (C=O) groups is 1. The van der Waals surface area contributed by atoms with Gasteiger partial charge in [-0.1, -0.05) is 0 Å². The van der Waals surface area contributed by atoms with Crippen LogP contribution in [0.3, 0.4) is 0 Å².